The first-order chi connectivity index (χ1) is 3.77. The summed E-state index contributed by atoms with van der Waals surface area (Å²) in [5, 5.41) is 0. The molecular formula is C6H17NS. The highest BCUT2D eigenvalue weighted by Crippen LogP contribution is 2.14. The first-order valence-electron chi connectivity index (χ1n) is 3.12. The molecule has 0 aromatic rings. The molecule has 1 nitrogen and oxygen atoms in total. The molecular weight excluding hydrogens is 118 g/mol. The Hall–Kier alpha value is 0.310. The summed E-state index contributed by atoms with van der Waals surface area (Å²) in [7, 11) is 0.332. The van der Waals surface area contributed by atoms with Gasteiger partial charge in [-0.3, -0.25) is 10.9 Å². The molecule has 0 amide bonds. The van der Waals surface area contributed by atoms with E-state index in [1.807, 2.05) is 0 Å². The molecule has 0 aliphatic carbocycles. The highest BCUT2D eigenvalue weighted by Gasteiger charge is 1.86. The van der Waals surface area contributed by atoms with Gasteiger partial charge in [0.25, 0.3) is 0 Å². The van der Waals surface area contributed by atoms with Crippen LogP contribution in [0.3, 0.4) is 0 Å². The average molecular weight is 135 g/mol. The van der Waals surface area contributed by atoms with Gasteiger partial charge in [0.15, 0.2) is 0 Å². The predicted molar refractivity (Wildman–Crippen MR) is 44.0 cm³/mol. The maximum absolute atomic E-state index is 5.32. The lowest BCUT2D eigenvalue weighted by Crippen LogP contribution is -1.99. The summed E-state index contributed by atoms with van der Waals surface area (Å²) >= 11 is 0. The lowest BCUT2D eigenvalue weighted by molar-refractivity contribution is 0.814. The normalized spacial score (nSPS) is 11.6. The Morgan fingerprint density at radius 3 is 2.25 bits per heavy atom. The zero-order chi connectivity index (χ0) is 6.41. The third-order valence-electron chi connectivity index (χ3n) is 1.06. The number of thiol groups is 1. The van der Waals surface area contributed by atoms with Gasteiger partial charge in [0.1, 0.15) is 0 Å². The van der Waals surface area contributed by atoms with Gasteiger partial charge >= 0.3 is 0 Å². The third kappa shape index (κ3) is 6.31. The monoisotopic (exact) mass is 135 g/mol. The molecule has 0 rings (SSSR count). The Balaban J connectivity index is 2.72. The largest absolute Gasteiger partial charge is 0.330 e. The van der Waals surface area contributed by atoms with Gasteiger partial charge in [0, 0.05) is 0 Å². The molecule has 52 valence electrons. The van der Waals surface area contributed by atoms with Crippen molar-refractivity contribution >= 4 is 10.9 Å². The van der Waals surface area contributed by atoms with Crippen molar-refractivity contribution in [3.8, 4) is 0 Å². The van der Waals surface area contributed by atoms with Crippen molar-refractivity contribution < 1.29 is 0 Å². The number of hydrogen-bond acceptors (Lipinski definition) is 1. The van der Waals surface area contributed by atoms with Gasteiger partial charge in [-0.2, -0.15) is 0 Å². The summed E-state index contributed by atoms with van der Waals surface area (Å²) < 4.78 is 0. The topological polar surface area (TPSA) is 26.0 Å². The highest BCUT2D eigenvalue weighted by molar-refractivity contribution is 8.15. The van der Waals surface area contributed by atoms with Crippen molar-refractivity contribution in [2.45, 2.75) is 12.8 Å². The van der Waals surface area contributed by atoms with Crippen LogP contribution in [0.25, 0.3) is 0 Å². The summed E-state index contributed by atoms with van der Waals surface area (Å²) in [4.78, 5) is 0. The fraction of sp³-hybridized carbons (Fsp3) is 1.00. The van der Waals surface area contributed by atoms with Gasteiger partial charge < -0.3 is 5.73 Å². The summed E-state index contributed by atoms with van der Waals surface area (Å²) in [6.07, 6.45) is 7.16. The first kappa shape index (κ1) is 8.31. The molecule has 0 fully saturated rings. The molecule has 0 aliphatic rings. The molecule has 2 heteroatoms. The second-order valence-electron chi connectivity index (χ2n) is 2.30. The molecule has 8 heavy (non-hydrogen) atoms. The Morgan fingerprint density at radius 1 is 1.25 bits per heavy atom. The van der Waals surface area contributed by atoms with E-state index in [0.717, 1.165) is 6.54 Å². The standard InChI is InChI=1S/C6H17NS/c1-8(2)6-4-3-5-7/h8H,3-7H2,1-2H3. The molecule has 0 heterocycles. The van der Waals surface area contributed by atoms with E-state index in [4.69, 9.17) is 5.73 Å². The summed E-state index contributed by atoms with van der Waals surface area (Å²) in [6.45, 7) is 0.864. The minimum atomic E-state index is 0.332. The van der Waals surface area contributed by atoms with E-state index in [1.165, 1.54) is 18.6 Å². The van der Waals surface area contributed by atoms with E-state index >= 15 is 0 Å². The Labute approximate surface area is 55.0 Å². The molecule has 0 saturated heterocycles. The van der Waals surface area contributed by atoms with Gasteiger partial charge in [-0.1, -0.05) is 0 Å². The minimum absolute atomic E-state index is 0.332. The zero-order valence-corrected chi connectivity index (χ0v) is 6.75. The molecule has 0 aliphatic heterocycles. The second kappa shape index (κ2) is 5.45. The summed E-state index contributed by atoms with van der Waals surface area (Å²) in [6, 6.07) is 0. The Bertz CT molecular complexity index is 45.8. The van der Waals surface area contributed by atoms with Gasteiger partial charge in [-0.05, 0) is 37.7 Å². The maximum Gasteiger partial charge on any atom is -0.00770 e. The average Bonchev–Trinajstić information content (AvgIpc) is 1.66. The van der Waals surface area contributed by atoms with E-state index in [2.05, 4.69) is 12.5 Å². The quantitative estimate of drug-likeness (QED) is 0.436. The van der Waals surface area contributed by atoms with E-state index in [0.29, 0.717) is 10.9 Å². The van der Waals surface area contributed by atoms with Crippen LogP contribution >= 0.6 is 10.9 Å². The molecule has 0 saturated carbocycles. The molecule has 0 spiro atoms. The van der Waals surface area contributed by atoms with Crippen LogP contribution in [0.15, 0.2) is 0 Å². The van der Waals surface area contributed by atoms with E-state index in [-0.39, 0.29) is 0 Å². The summed E-state index contributed by atoms with van der Waals surface area (Å²) in [5.41, 5.74) is 5.32. The molecule has 0 bridgehead atoms. The van der Waals surface area contributed by atoms with Crippen molar-refractivity contribution in [3.05, 3.63) is 0 Å². The van der Waals surface area contributed by atoms with E-state index in [1.54, 1.807) is 0 Å². The van der Waals surface area contributed by atoms with Crippen LogP contribution in [0.5, 0.6) is 0 Å². The van der Waals surface area contributed by atoms with E-state index < -0.39 is 0 Å². The van der Waals surface area contributed by atoms with Gasteiger partial charge in [-0.25, -0.2) is 0 Å². The number of rotatable bonds is 4. The lowest BCUT2D eigenvalue weighted by Gasteiger charge is -2.06. The van der Waals surface area contributed by atoms with Gasteiger partial charge in [0.05, 0.1) is 0 Å². The van der Waals surface area contributed by atoms with Crippen LogP contribution < -0.4 is 5.73 Å². The van der Waals surface area contributed by atoms with Crippen LogP contribution in [-0.4, -0.2) is 24.8 Å². The van der Waals surface area contributed by atoms with Gasteiger partial charge in [0.2, 0.25) is 0 Å². The van der Waals surface area contributed by atoms with Gasteiger partial charge in [-0.15, -0.1) is 0 Å². The van der Waals surface area contributed by atoms with Crippen molar-refractivity contribution in [1.29, 1.82) is 0 Å². The van der Waals surface area contributed by atoms with Crippen molar-refractivity contribution in [2.24, 2.45) is 5.73 Å². The number of unbranched alkanes of at least 4 members (excludes halogenated alkanes) is 1. The highest BCUT2D eigenvalue weighted by atomic mass is 32.2. The molecule has 0 aromatic carbocycles. The Kier molecular flexibility index (Phi) is 5.66. The first-order valence-corrected chi connectivity index (χ1v) is 5.54. The van der Waals surface area contributed by atoms with Crippen molar-refractivity contribution in [3.63, 3.8) is 0 Å². The zero-order valence-electron chi connectivity index (χ0n) is 5.85. The van der Waals surface area contributed by atoms with Crippen LogP contribution in [0.2, 0.25) is 0 Å². The maximum atomic E-state index is 5.32. The third-order valence-corrected chi connectivity index (χ3v) is 2.27. The molecule has 0 aromatic heterocycles. The minimum Gasteiger partial charge on any atom is -0.330 e. The van der Waals surface area contributed by atoms with Crippen LogP contribution in [0.4, 0.5) is 0 Å². The predicted octanol–water partition coefficient (Wildman–Crippen LogP) is 0.986. The second-order valence-corrected chi connectivity index (χ2v) is 4.91. The van der Waals surface area contributed by atoms with Crippen molar-refractivity contribution in [1.82, 2.24) is 0 Å². The molecule has 0 unspecified atom stereocenters. The number of hydrogen-bond donors (Lipinski definition) is 2. The summed E-state index contributed by atoms with van der Waals surface area (Å²) in [5.74, 6) is 1.40. The fourth-order valence-electron chi connectivity index (χ4n) is 0.572. The molecule has 2 N–H and O–H groups in total. The van der Waals surface area contributed by atoms with Crippen LogP contribution in [-0.2, 0) is 0 Å². The number of nitrogens with two attached hydrogens (primary N) is 1. The SMILES string of the molecule is C[SH](C)CCCCN. The van der Waals surface area contributed by atoms with Crippen LogP contribution in [0, 0.1) is 0 Å². The lowest BCUT2D eigenvalue weighted by atomic mass is 10.3. The smallest absolute Gasteiger partial charge is 0.00770 e. The van der Waals surface area contributed by atoms with Crippen molar-refractivity contribution in [2.75, 3.05) is 24.8 Å². The Morgan fingerprint density at radius 2 is 1.88 bits per heavy atom. The van der Waals surface area contributed by atoms with Crippen LogP contribution in [0.1, 0.15) is 12.8 Å². The molecule has 0 radical (unpaired) electrons. The fourth-order valence-corrected chi connectivity index (χ4v) is 1.43. The molecule has 0 atom stereocenters. The van der Waals surface area contributed by atoms with E-state index in [9.17, 15) is 0 Å².